The van der Waals surface area contributed by atoms with Gasteiger partial charge in [0.2, 0.25) is 21.8 Å². The van der Waals surface area contributed by atoms with E-state index in [9.17, 15) is 18.0 Å². The largest absolute Gasteiger partial charge is 0.353 e. The van der Waals surface area contributed by atoms with Gasteiger partial charge in [-0.2, -0.15) is 0 Å². The summed E-state index contributed by atoms with van der Waals surface area (Å²) in [5, 5.41) is 5.68. The number of nitrogens with one attached hydrogen (secondary N) is 2. The van der Waals surface area contributed by atoms with Crippen molar-refractivity contribution in [1.82, 2.24) is 19.8 Å². The molecule has 2 aliphatic rings. The molecule has 0 radical (unpaired) electrons. The summed E-state index contributed by atoms with van der Waals surface area (Å²) >= 11 is 0. The van der Waals surface area contributed by atoms with Gasteiger partial charge in [-0.25, -0.2) is 12.7 Å². The zero-order valence-corrected chi connectivity index (χ0v) is 17.9. The van der Waals surface area contributed by atoms with Crippen LogP contribution in [0.15, 0.2) is 30.3 Å². The van der Waals surface area contributed by atoms with E-state index in [-0.39, 0.29) is 18.4 Å². The van der Waals surface area contributed by atoms with E-state index >= 15 is 0 Å². The smallest absolute Gasteiger partial charge is 0.242 e. The molecule has 2 saturated heterocycles. The lowest BCUT2D eigenvalue weighted by molar-refractivity contribution is -0.128. The van der Waals surface area contributed by atoms with Crippen LogP contribution in [0.2, 0.25) is 0 Å². The summed E-state index contributed by atoms with van der Waals surface area (Å²) in [6.45, 7) is 5.46. The molecule has 0 unspecified atom stereocenters. The Morgan fingerprint density at radius 3 is 2.69 bits per heavy atom. The van der Waals surface area contributed by atoms with Crippen LogP contribution in [0.1, 0.15) is 25.3 Å². The van der Waals surface area contributed by atoms with E-state index < -0.39 is 21.5 Å². The van der Waals surface area contributed by atoms with Crippen LogP contribution in [0.4, 0.5) is 0 Å². The predicted molar refractivity (Wildman–Crippen MR) is 110 cm³/mol. The van der Waals surface area contributed by atoms with Gasteiger partial charge in [0.25, 0.3) is 0 Å². The van der Waals surface area contributed by atoms with Crippen LogP contribution < -0.4 is 10.6 Å². The molecule has 0 saturated carbocycles. The first-order valence-corrected chi connectivity index (χ1v) is 11.9. The number of amides is 2. The second kappa shape index (κ2) is 8.81. The number of hydrogen-bond donors (Lipinski definition) is 2. The maximum Gasteiger partial charge on any atom is 0.242 e. The van der Waals surface area contributed by atoms with E-state index in [0.717, 1.165) is 19.3 Å². The minimum absolute atomic E-state index is 0.155. The third-order valence-corrected chi connectivity index (χ3v) is 7.16. The highest BCUT2D eigenvalue weighted by Crippen LogP contribution is 2.40. The zero-order valence-electron chi connectivity index (χ0n) is 17.1. The molecule has 0 aliphatic carbocycles. The van der Waals surface area contributed by atoms with Gasteiger partial charge < -0.3 is 10.6 Å². The number of benzene rings is 1. The fraction of sp³-hybridized carbons (Fsp3) is 0.600. The summed E-state index contributed by atoms with van der Waals surface area (Å²) in [6.07, 6.45) is 1.94. The maximum absolute atomic E-state index is 12.6. The number of likely N-dealkylation sites (N-methyl/N-ethyl adjacent to an activating group) is 1. The quantitative estimate of drug-likeness (QED) is 0.622. The summed E-state index contributed by atoms with van der Waals surface area (Å²) < 4.78 is 24.9. The monoisotopic (exact) mass is 422 g/mol. The molecule has 2 N–H and O–H groups in total. The van der Waals surface area contributed by atoms with Gasteiger partial charge in [-0.3, -0.25) is 14.5 Å². The summed E-state index contributed by atoms with van der Waals surface area (Å²) in [6, 6.07) is 9.56. The molecular formula is C20H30N4O4S. The highest BCUT2D eigenvalue weighted by Gasteiger charge is 2.53. The lowest BCUT2D eigenvalue weighted by atomic mass is 9.84. The van der Waals surface area contributed by atoms with Gasteiger partial charge in [-0.15, -0.1) is 0 Å². The van der Waals surface area contributed by atoms with E-state index in [0.29, 0.717) is 32.5 Å². The van der Waals surface area contributed by atoms with Crippen molar-refractivity contribution in [2.45, 2.75) is 32.4 Å². The molecule has 1 spiro atoms. The van der Waals surface area contributed by atoms with E-state index in [4.69, 9.17) is 0 Å². The normalized spacial score (nSPS) is 24.9. The Labute approximate surface area is 172 Å². The van der Waals surface area contributed by atoms with Gasteiger partial charge in [-0.05, 0) is 24.9 Å². The van der Waals surface area contributed by atoms with Crippen molar-refractivity contribution in [2.24, 2.45) is 5.41 Å². The molecule has 2 fully saturated rings. The Bertz CT molecular complexity index is 845. The van der Waals surface area contributed by atoms with Gasteiger partial charge in [0.05, 0.1) is 11.7 Å². The van der Waals surface area contributed by atoms with Gasteiger partial charge in [0, 0.05) is 32.7 Å². The lowest BCUT2D eigenvalue weighted by Gasteiger charge is -2.21. The lowest BCUT2D eigenvalue weighted by Crippen LogP contribution is -2.44. The number of carbonyl (C=O) groups excluding carboxylic acids is 2. The molecule has 2 amide bonds. The Balaban J connectivity index is 1.48. The maximum atomic E-state index is 12.6. The van der Waals surface area contributed by atoms with Gasteiger partial charge in [0.15, 0.2) is 0 Å². The van der Waals surface area contributed by atoms with Crippen molar-refractivity contribution in [1.29, 1.82) is 0 Å². The van der Waals surface area contributed by atoms with E-state index in [1.807, 2.05) is 18.2 Å². The van der Waals surface area contributed by atoms with Crippen LogP contribution in [0.25, 0.3) is 0 Å². The molecule has 2 heterocycles. The second-order valence-electron chi connectivity index (χ2n) is 8.00. The molecule has 8 nitrogen and oxygen atoms in total. The van der Waals surface area contributed by atoms with Crippen molar-refractivity contribution >= 4 is 21.8 Å². The Kier molecular flexibility index (Phi) is 6.60. The van der Waals surface area contributed by atoms with Crippen LogP contribution in [0.5, 0.6) is 0 Å². The summed E-state index contributed by atoms with van der Waals surface area (Å²) in [5.74, 6) is -0.424. The predicted octanol–water partition coefficient (Wildman–Crippen LogP) is 0.165. The molecule has 3 rings (SSSR count). The first-order valence-electron chi connectivity index (χ1n) is 10.0. The van der Waals surface area contributed by atoms with Gasteiger partial charge in [0.1, 0.15) is 6.04 Å². The fourth-order valence-corrected chi connectivity index (χ4v) is 5.03. The van der Waals surface area contributed by atoms with E-state index in [1.165, 1.54) is 9.87 Å². The number of hydrogen-bond acceptors (Lipinski definition) is 5. The zero-order chi connectivity index (χ0) is 21.1. The second-order valence-corrected chi connectivity index (χ2v) is 9.98. The molecule has 2 aliphatic heterocycles. The summed E-state index contributed by atoms with van der Waals surface area (Å²) in [5.41, 5.74) is 0.441. The standard InChI is InChI=1S/C20H30N4O4S/c1-3-23(14-16-7-5-4-6-8-16)12-10-21-18(25)17-13-20(19(26)22-17)9-11-24(15-20)29(2,27)28/h4-8,17H,3,9-15H2,1-2H3,(H,21,25)(H,22,26)/t17-,20-/m0/s1. The van der Waals surface area contributed by atoms with Crippen LogP contribution in [-0.4, -0.2) is 74.5 Å². The van der Waals surface area contributed by atoms with Crippen LogP contribution in [0.3, 0.4) is 0 Å². The third kappa shape index (κ3) is 5.15. The molecule has 0 aromatic heterocycles. The molecule has 1 aromatic rings. The van der Waals surface area contributed by atoms with Crippen molar-refractivity contribution in [3.8, 4) is 0 Å². The minimum Gasteiger partial charge on any atom is -0.353 e. The minimum atomic E-state index is -3.33. The van der Waals surface area contributed by atoms with Crippen molar-refractivity contribution in [3.05, 3.63) is 35.9 Å². The number of sulfonamides is 1. The molecule has 9 heteroatoms. The molecule has 2 atom stereocenters. The molecule has 29 heavy (non-hydrogen) atoms. The summed E-state index contributed by atoms with van der Waals surface area (Å²) in [7, 11) is -3.33. The molecule has 1 aromatic carbocycles. The molecular weight excluding hydrogens is 392 g/mol. The summed E-state index contributed by atoms with van der Waals surface area (Å²) in [4.78, 5) is 27.3. The average Bonchev–Trinajstić information content (AvgIpc) is 3.26. The van der Waals surface area contributed by atoms with Crippen LogP contribution >= 0.6 is 0 Å². The highest BCUT2D eigenvalue weighted by molar-refractivity contribution is 7.88. The fourth-order valence-electron chi connectivity index (χ4n) is 4.12. The van der Waals surface area contributed by atoms with E-state index in [2.05, 4.69) is 34.6 Å². The Morgan fingerprint density at radius 1 is 1.34 bits per heavy atom. The number of nitrogens with zero attached hydrogens (tertiary/aromatic N) is 2. The van der Waals surface area contributed by atoms with Crippen molar-refractivity contribution in [3.63, 3.8) is 0 Å². The molecule has 160 valence electrons. The van der Waals surface area contributed by atoms with Crippen molar-refractivity contribution in [2.75, 3.05) is 39.0 Å². The SMILES string of the molecule is CCN(CCNC(=O)[C@@H]1C[C@]2(CCN(S(C)(=O)=O)C2)C(=O)N1)Cc1ccccc1. The number of rotatable bonds is 8. The average molecular weight is 423 g/mol. The topological polar surface area (TPSA) is 98.8 Å². The van der Waals surface area contributed by atoms with Crippen LogP contribution in [-0.2, 0) is 26.2 Å². The Hall–Kier alpha value is -1.97. The van der Waals surface area contributed by atoms with Gasteiger partial charge in [-0.1, -0.05) is 37.3 Å². The van der Waals surface area contributed by atoms with Gasteiger partial charge >= 0.3 is 0 Å². The molecule has 0 bridgehead atoms. The number of carbonyl (C=O) groups is 2. The first kappa shape index (κ1) is 21.7. The first-order chi connectivity index (χ1) is 13.7. The Morgan fingerprint density at radius 2 is 2.07 bits per heavy atom. The third-order valence-electron chi connectivity index (χ3n) is 5.91. The highest BCUT2D eigenvalue weighted by atomic mass is 32.2. The van der Waals surface area contributed by atoms with Crippen molar-refractivity contribution < 1.29 is 18.0 Å². The van der Waals surface area contributed by atoms with E-state index in [1.54, 1.807) is 0 Å². The van der Waals surface area contributed by atoms with Crippen LogP contribution in [0, 0.1) is 5.41 Å².